The number of fused-ring (bicyclic) bond motifs is 1. The second-order valence-electron chi connectivity index (χ2n) is 6.61. The van der Waals surface area contributed by atoms with Crippen LogP contribution in [0, 0.1) is 13.8 Å². The summed E-state index contributed by atoms with van der Waals surface area (Å²) in [7, 11) is 0. The molecule has 2 aromatic rings. The van der Waals surface area contributed by atoms with Gasteiger partial charge in [-0.05, 0) is 49.2 Å². The van der Waals surface area contributed by atoms with Crippen LogP contribution in [0.3, 0.4) is 0 Å². The lowest BCUT2D eigenvalue weighted by Crippen LogP contribution is -2.39. The van der Waals surface area contributed by atoms with Gasteiger partial charge < -0.3 is 0 Å². The predicted molar refractivity (Wildman–Crippen MR) is 97.8 cm³/mol. The molecule has 2 heterocycles. The lowest BCUT2D eigenvalue weighted by atomic mass is 10.0. The largest absolute Gasteiger partial charge is 0.271 e. The molecule has 7 heteroatoms. The molecule has 0 saturated carbocycles. The van der Waals surface area contributed by atoms with Gasteiger partial charge in [0.1, 0.15) is 0 Å². The van der Waals surface area contributed by atoms with Gasteiger partial charge >= 0.3 is 0 Å². The molecule has 4 rings (SSSR count). The van der Waals surface area contributed by atoms with E-state index in [1.54, 1.807) is 29.3 Å². The lowest BCUT2D eigenvalue weighted by Gasteiger charge is -2.21. The zero-order valence-corrected chi connectivity index (χ0v) is 15.1. The van der Waals surface area contributed by atoms with Crippen LogP contribution in [0.1, 0.15) is 16.7 Å². The van der Waals surface area contributed by atoms with Crippen LogP contribution in [0.25, 0.3) is 0 Å². The van der Waals surface area contributed by atoms with E-state index < -0.39 is 12.1 Å². The summed E-state index contributed by atoms with van der Waals surface area (Å²) in [5.74, 6) is -0.660. The summed E-state index contributed by atoms with van der Waals surface area (Å²) >= 11 is 5.90. The van der Waals surface area contributed by atoms with Crippen molar-refractivity contribution in [3.8, 4) is 0 Å². The molecule has 0 N–H and O–H groups in total. The Hall–Kier alpha value is -2.73. The number of carbonyl (C=O) groups is 2. The van der Waals surface area contributed by atoms with E-state index in [2.05, 4.69) is 16.4 Å². The highest BCUT2D eigenvalue weighted by Gasteiger charge is 2.54. The fourth-order valence-corrected chi connectivity index (χ4v) is 3.47. The molecular formula is C19H17ClN4O2. The molecule has 0 bridgehead atoms. The van der Waals surface area contributed by atoms with Crippen LogP contribution in [0.4, 0.5) is 5.69 Å². The minimum atomic E-state index is -0.789. The smallest absolute Gasteiger partial charge is 0.263 e. The van der Waals surface area contributed by atoms with Gasteiger partial charge in [-0.3, -0.25) is 14.6 Å². The highest BCUT2D eigenvalue weighted by Crippen LogP contribution is 2.33. The number of amides is 2. The Morgan fingerprint density at radius 1 is 1.04 bits per heavy atom. The predicted octanol–water partition coefficient (Wildman–Crippen LogP) is 3.45. The van der Waals surface area contributed by atoms with Gasteiger partial charge in [-0.2, -0.15) is 5.11 Å². The fourth-order valence-electron chi connectivity index (χ4n) is 3.34. The van der Waals surface area contributed by atoms with Crippen LogP contribution >= 0.6 is 11.6 Å². The van der Waals surface area contributed by atoms with Gasteiger partial charge in [0, 0.05) is 5.02 Å². The molecule has 0 radical (unpaired) electrons. The highest BCUT2D eigenvalue weighted by molar-refractivity contribution is 6.31. The molecule has 6 nitrogen and oxygen atoms in total. The summed E-state index contributed by atoms with van der Waals surface area (Å²) in [5.41, 5.74) is 3.81. The molecule has 2 atom stereocenters. The first-order valence-electron chi connectivity index (χ1n) is 8.32. The zero-order chi connectivity index (χ0) is 18.4. The van der Waals surface area contributed by atoms with Gasteiger partial charge in [0.15, 0.2) is 12.1 Å². The topological polar surface area (TPSA) is 65.3 Å². The van der Waals surface area contributed by atoms with Crippen molar-refractivity contribution in [3.63, 3.8) is 0 Å². The third kappa shape index (κ3) is 2.66. The van der Waals surface area contributed by atoms with Gasteiger partial charge in [0.05, 0.1) is 12.2 Å². The molecule has 26 heavy (non-hydrogen) atoms. The molecule has 0 spiro atoms. The van der Waals surface area contributed by atoms with Crippen LogP contribution in [-0.2, 0) is 16.1 Å². The Balaban J connectivity index is 1.62. The van der Waals surface area contributed by atoms with Crippen molar-refractivity contribution in [1.82, 2.24) is 5.01 Å². The number of imide groups is 1. The maximum absolute atomic E-state index is 12.9. The van der Waals surface area contributed by atoms with Crippen LogP contribution in [0.2, 0.25) is 5.02 Å². The molecule has 132 valence electrons. The Bertz CT molecular complexity index is 926. The maximum atomic E-state index is 12.9. The number of carbonyl (C=O) groups excluding carboxylic acids is 2. The summed E-state index contributed by atoms with van der Waals surface area (Å²) in [6.45, 7) is 4.47. The monoisotopic (exact) mass is 368 g/mol. The fraction of sp³-hybridized carbons (Fsp3) is 0.263. The van der Waals surface area contributed by atoms with E-state index in [4.69, 9.17) is 11.6 Å². The maximum Gasteiger partial charge on any atom is 0.263 e. The molecule has 1 fully saturated rings. The van der Waals surface area contributed by atoms with Gasteiger partial charge in [-0.1, -0.05) is 40.6 Å². The molecule has 2 unspecified atom stereocenters. The number of hydrogen-bond acceptors (Lipinski definition) is 5. The SMILES string of the molecule is Cc1ccc(C)c(CN2N=NC3C(=O)N(c4ccc(Cl)cc4)C(=O)C32)c1. The van der Waals surface area contributed by atoms with Crippen molar-refractivity contribution < 1.29 is 9.59 Å². The average molecular weight is 369 g/mol. The number of aryl methyl sites for hydroxylation is 2. The first-order chi connectivity index (χ1) is 12.5. The van der Waals surface area contributed by atoms with Gasteiger partial charge in [-0.15, -0.1) is 0 Å². The number of nitrogens with zero attached hydrogens (tertiary/aromatic N) is 4. The standard InChI is InChI=1S/C19H17ClN4O2/c1-11-3-4-12(2)13(9-11)10-23-17-16(21-22-23)18(25)24(19(17)26)15-7-5-14(20)6-8-15/h3-9,16-17H,10H2,1-2H3. The number of rotatable bonds is 3. The Kier molecular flexibility index (Phi) is 4.00. The van der Waals surface area contributed by atoms with Crippen LogP contribution in [0.5, 0.6) is 0 Å². The van der Waals surface area contributed by atoms with E-state index in [9.17, 15) is 9.59 Å². The lowest BCUT2D eigenvalue weighted by molar-refractivity contribution is -0.123. The highest BCUT2D eigenvalue weighted by atomic mass is 35.5. The van der Waals surface area contributed by atoms with Gasteiger partial charge in [0.2, 0.25) is 0 Å². The first kappa shape index (κ1) is 16.7. The van der Waals surface area contributed by atoms with E-state index in [1.165, 1.54) is 4.90 Å². The first-order valence-corrected chi connectivity index (χ1v) is 8.70. The molecule has 2 aliphatic heterocycles. The van der Waals surface area contributed by atoms with Gasteiger partial charge in [0.25, 0.3) is 11.8 Å². The van der Waals surface area contributed by atoms with Crippen molar-refractivity contribution in [2.45, 2.75) is 32.5 Å². The van der Waals surface area contributed by atoms with Crippen LogP contribution in [-0.4, -0.2) is 28.9 Å². The second kappa shape index (κ2) is 6.21. The minimum Gasteiger partial charge on any atom is -0.271 e. The number of benzene rings is 2. The van der Waals surface area contributed by atoms with E-state index >= 15 is 0 Å². The molecule has 0 aromatic heterocycles. The van der Waals surface area contributed by atoms with Gasteiger partial charge in [-0.25, -0.2) is 4.90 Å². The minimum absolute atomic E-state index is 0.308. The summed E-state index contributed by atoms with van der Waals surface area (Å²) in [4.78, 5) is 26.8. The quantitative estimate of drug-likeness (QED) is 0.779. The summed E-state index contributed by atoms with van der Waals surface area (Å²) < 4.78 is 0. The Morgan fingerprint density at radius 3 is 2.50 bits per heavy atom. The summed E-state index contributed by atoms with van der Waals surface area (Å²) in [6.07, 6.45) is 0. The van der Waals surface area contributed by atoms with E-state index in [-0.39, 0.29) is 11.8 Å². The molecule has 1 saturated heterocycles. The second-order valence-corrected chi connectivity index (χ2v) is 7.05. The van der Waals surface area contributed by atoms with E-state index in [0.29, 0.717) is 17.3 Å². The summed E-state index contributed by atoms with van der Waals surface area (Å²) in [5, 5.41) is 10.3. The van der Waals surface area contributed by atoms with Crippen LogP contribution < -0.4 is 4.90 Å². The van der Waals surface area contributed by atoms with Crippen molar-refractivity contribution in [3.05, 3.63) is 64.2 Å². The van der Waals surface area contributed by atoms with Crippen molar-refractivity contribution in [2.75, 3.05) is 4.90 Å². The number of hydrogen-bond donors (Lipinski definition) is 0. The van der Waals surface area contributed by atoms with Crippen molar-refractivity contribution in [2.24, 2.45) is 10.3 Å². The molecule has 2 aliphatic rings. The third-order valence-corrected chi connectivity index (χ3v) is 5.03. The van der Waals surface area contributed by atoms with Crippen molar-refractivity contribution >= 4 is 29.1 Å². The molecular weight excluding hydrogens is 352 g/mol. The van der Waals surface area contributed by atoms with Crippen LogP contribution in [0.15, 0.2) is 52.8 Å². The molecule has 2 amide bonds. The number of halogens is 1. The van der Waals surface area contributed by atoms with E-state index in [1.807, 2.05) is 26.0 Å². The number of anilines is 1. The normalized spacial score (nSPS) is 21.7. The molecule has 0 aliphatic carbocycles. The van der Waals surface area contributed by atoms with Crippen molar-refractivity contribution in [1.29, 1.82) is 0 Å². The average Bonchev–Trinajstić information content (AvgIpc) is 3.13. The Labute approximate surface area is 156 Å². The molecule has 2 aromatic carbocycles. The van der Waals surface area contributed by atoms with E-state index in [0.717, 1.165) is 16.7 Å². The third-order valence-electron chi connectivity index (χ3n) is 4.78. The summed E-state index contributed by atoms with van der Waals surface area (Å²) in [6, 6.07) is 11.3. The Morgan fingerprint density at radius 2 is 1.77 bits per heavy atom. The zero-order valence-electron chi connectivity index (χ0n) is 14.4.